The van der Waals surface area contributed by atoms with E-state index in [1.165, 1.54) is 7.11 Å². The molecule has 1 aliphatic rings. The number of carbonyl (C=O) groups excluding carboxylic acids is 1. The van der Waals surface area contributed by atoms with Crippen molar-refractivity contribution in [2.75, 3.05) is 25.5 Å². The highest BCUT2D eigenvalue weighted by molar-refractivity contribution is 5.96. The van der Waals surface area contributed by atoms with Gasteiger partial charge in [0.1, 0.15) is 0 Å². The normalized spacial score (nSPS) is 14.6. The van der Waals surface area contributed by atoms with Crippen molar-refractivity contribution in [2.24, 2.45) is 0 Å². The molecule has 3 aromatic rings. The molecule has 144 valence electrons. The number of nitrogens with zero attached hydrogens (tertiary/aromatic N) is 3. The molecule has 1 aliphatic heterocycles. The van der Waals surface area contributed by atoms with E-state index in [4.69, 9.17) is 9.84 Å². The molecule has 1 fully saturated rings. The van der Waals surface area contributed by atoms with Crippen LogP contribution in [0.5, 0.6) is 0 Å². The zero-order valence-electron chi connectivity index (χ0n) is 15.8. The Labute approximate surface area is 163 Å². The molecule has 0 aliphatic carbocycles. The number of ether oxygens (including phenoxy) is 1. The minimum absolute atomic E-state index is 0.355. The van der Waals surface area contributed by atoms with Gasteiger partial charge in [0.25, 0.3) is 0 Å². The van der Waals surface area contributed by atoms with E-state index in [1.807, 2.05) is 22.9 Å². The first-order chi connectivity index (χ1) is 13.8. The number of carbonyl (C=O) groups is 1. The quantitative estimate of drug-likeness (QED) is 0.664. The number of piperidine rings is 1. The molecule has 0 bridgehead atoms. The van der Waals surface area contributed by atoms with Crippen molar-refractivity contribution in [2.45, 2.75) is 18.9 Å². The molecule has 2 aromatic heterocycles. The minimum Gasteiger partial charge on any atom is -0.465 e. The van der Waals surface area contributed by atoms with Crippen molar-refractivity contribution in [3.8, 4) is 11.1 Å². The standard InChI is InChI=1S/C21H23N5O2/c1-28-21(27)17-9-12-23-13-19(17)24-20-18(15-5-3-2-4-6-15)14-26(25-20)16-7-10-22-11-8-16/h2-6,9,12-14,16,22H,7-8,10-11H2,1H3,(H,24,25). The van der Waals surface area contributed by atoms with Crippen LogP contribution in [0.15, 0.2) is 55.0 Å². The molecular formula is C21H23N5O2. The third-order valence-electron chi connectivity index (χ3n) is 4.98. The third kappa shape index (κ3) is 3.75. The highest BCUT2D eigenvalue weighted by Crippen LogP contribution is 2.32. The van der Waals surface area contributed by atoms with E-state index in [0.717, 1.165) is 37.1 Å². The lowest BCUT2D eigenvalue weighted by Gasteiger charge is -2.22. The highest BCUT2D eigenvalue weighted by Gasteiger charge is 2.21. The summed E-state index contributed by atoms with van der Waals surface area (Å²) < 4.78 is 6.93. The van der Waals surface area contributed by atoms with Gasteiger partial charge in [-0.15, -0.1) is 0 Å². The average molecular weight is 377 g/mol. The van der Waals surface area contributed by atoms with Gasteiger partial charge < -0.3 is 15.4 Å². The second-order valence-electron chi connectivity index (χ2n) is 6.76. The van der Waals surface area contributed by atoms with Gasteiger partial charge in [-0.3, -0.25) is 9.67 Å². The first kappa shape index (κ1) is 18.2. The average Bonchev–Trinajstić information content (AvgIpc) is 3.18. The SMILES string of the molecule is COC(=O)c1ccncc1Nc1nn(C2CCNCC2)cc1-c1ccccc1. The van der Waals surface area contributed by atoms with Crippen LogP contribution in [0.2, 0.25) is 0 Å². The molecule has 1 saturated heterocycles. The number of rotatable bonds is 5. The number of esters is 1. The second-order valence-corrected chi connectivity index (χ2v) is 6.76. The van der Waals surface area contributed by atoms with Gasteiger partial charge in [-0.1, -0.05) is 30.3 Å². The fourth-order valence-corrected chi connectivity index (χ4v) is 3.48. The Morgan fingerprint density at radius 3 is 2.75 bits per heavy atom. The van der Waals surface area contributed by atoms with Crippen molar-refractivity contribution in [1.29, 1.82) is 0 Å². The monoisotopic (exact) mass is 377 g/mol. The molecule has 0 spiro atoms. The zero-order chi connectivity index (χ0) is 19.3. The highest BCUT2D eigenvalue weighted by atomic mass is 16.5. The van der Waals surface area contributed by atoms with Gasteiger partial charge in [-0.05, 0) is 37.6 Å². The lowest BCUT2D eigenvalue weighted by atomic mass is 10.1. The lowest BCUT2D eigenvalue weighted by Crippen LogP contribution is -2.29. The molecule has 7 nitrogen and oxygen atoms in total. The van der Waals surface area contributed by atoms with Gasteiger partial charge in [0, 0.05) is 18.0 Å². The summed E-state index contributed by atoms with van der Waals surface area (Å²) in [6, 6.07) is 12.1. The van der Waals surface area contributed by atoms with Crippen LogP contribution >= 0.6 is 0 Å². The fourth-order valence-electron chi connectivity index (χ4n) is 3.48. The van der Waals surface area contributed by atoms with Crippen molar-refractivity contribution in [3.63, 3.8) is 0 Å². The minimum atomic E-state index is -0.413. The summed E-state index contributed by atoms with van der Waals surface area (Å²) in [5.74, 6) is 0.284. The van der Waals surface area contributed by atoms with Crippen molar-refractivity contribution in [1.82, 2.24) is 20.1 Å². The summed E-state index contributed by atoms with van der Waals surface area (Å²) in [6.45, 7) is 1.98. The summed E-state index contributed by atoms with van der Waals surface area (Å²) >= 11 is 0. The maximum atomic E-state index is 12.1. The number of hydrogen-bond donors (Lipinski definition) is 2. The van der Waals surface area contributed by atoms with Gasteiger partial charge >= 0.3 is 5.97 Å². The van der Waals surface area contributed by atoms with Crippen LogP contribution in [0.1, 0.15) is 29.2 Å². The van der Waals surface area contributed by atoms with Gasteiger partial charge in [0.05, 0.1) is 30.6 Å². The molecule has 0 unspecified atom stereocenters. The molecule has 0 amide bonds. The number of anilines is 2. The number of nitrogens with one attached hydrogen (secondary N) is 2. The van der Waals surface area contributed by atoms with Gasteiger partial charge in [-0.25, -0.2) is 4.79 Å². The van der Waals surface area contributed by atoms with Crippen LogP contribution in [0.25, 0.3) is 11.1 Å². The van der Waals surface area contributed by atoms with E-state index < -0.39 is 5.97 Å². The Bertz CT molecular complexity index is 948. The zero-order valence-corrected chi connectivity index (χ0v) is 15.8. The van der Waals surface area contributed by atoms with Gasteiger partial charge in [0.2, 0.25) is 0 Å². The van der Waals surface area contributed by atoms with Gasteiger partial charge in [0.15, 0.2) is 5.82 Å². The molecule has 2 N–H and O–H groups in total. The van der Waals surface area contributed by atoms with Crippen molar-refractivity contribution < 1.29 is 9.53 Å². The van der Waals surface area contributed by atoms with Crippen molar-refractivity contribution >= 4 is 17.5 Å². The molecule has 0 atom stereocenters. The van der Waals surface area contributed by atoms with E-state index in [0.29, 0.717) is 23.1 Å². The maximum absolute atomic E-state index is 12.1. The predicted molar refractivity (Wildman–Crippen MR) is 108 cm³/mol. The summed E-state index contributed by atoms with van der Waals surface area (Å²) in [7, 11) is 1.37. The predicted octanol–water partition coefficient (Wildman–Crippen LogP) is 3.40. The third-order valence-corrected chi connectivity index (χ3v) is 4.98. The maximum Gasteiger partial charge on any atom is 0.340 e. The Kier molecular flexibility index (Phi) is 5.34. The molecule has 7 heteroatoms. The topological polar surface area (TPSA) is 81.1 Å². The molecule has 4 rings (SSSR count). The van der Waals surface area contributed by atoms with Crippen LogP contribution in [0.4, 0.5) is 11.5 Å². The number of aromatic nitrogens is 3. The van der Waals surface area contributed by atoms with E-state index in [2.05, 4.69) is 33.9 Å². The van der Waals surface area contributed by atoms with Crippen LogP contribution in [0.3, 0.4) is 0 Å². The second kappa shape index (κ2) is 8.22. The summed E-state index contributed by atoms with van der Waals surface area (Å²) in [6.07, 6.45) is 7.35. The van der Waals surface area contributed by atoms with E-state index in [1.54, 1.807) is 18.5 Å². The van der Waals surface area contributed by atoms with Gasteiger partial charge in [-0.2, -0.15) is 5.10 Å². The Morgan fingerprint density at radius 2 is 2.00 bits per heavy atom. The summed E-state index contributed by atoms with van der Waals surface area (Å²) in [5.41, 5.74) is 3.04. The first-order valence-corrected chi connectivity index (χ1v) is 9.41. The molecule has 3 heterocycles. The number of hydrogen-bond acceptors (Lipinski definition) is 6. The molecule has 0 radical (unpaired) electrons. The Morgan fingerprint density at radius 1 is 1.21 bits per heavy atom. The van der Waals surface area contributed by atoms with Crippen LogP contribution in [0, 0.1) is 0 Å². The largest absolute Gasteiger partial charge is 0.465 e. The summed E-state index contributed by atoms with van der Waals surface area (Å²) in [4.78, 5) is 16.3. The molecular weight excluding hydrogens is 354 g/mol. The number of pyridine rings is 1. The van der Waals surface area contributed by atoms with E-state index >= 15 is 0 Å². The van der Waals surface area contributed by atoms with Crippen molar-refractivity contribution in [3.05, 3.63) is 60.6 Å². The molecule has 1 aromatic carbocycles. The van der Waals surface area contributed by atoms with E-state index in [9.17, 15) is 4.79 Å². The van der Waals surface area contributed by atoms with Crippen LogP contribution in [-0.4, -0.2) is 40.9 Å². The number of methoxy groups -OCH3 is 1. The Hall–Kier alpha value is -3.19. The molecule has 28 heavy (non-hydrogen) atoms. The molecule has 0 saturated carbocycles. The summed E-state index contributed by atoms with van der Waals surface area (Å²) in [5, 5.41) is 11.5. The van der Waals surface area contributed by atoms with Crippen LogP contribution < -0.4 is 10.6 Å². The fraction of sp³-hybridized carbons (Fsp3) is 0.286. The number of benzene rings is 1. The first-order valence-electron chi connectivity index (χ1n) is 9.41. The van der Waals surface area contributed by atoms with Crippen LogP contribution in [-0.2, 0) is 4.74 Å². The lowest BCUT2D eigenvalue weighted by molar-refractivity contribution is 0.0602. The smallest absolute Gasteiger partial charge is 0.340 e. The van der Waals surface area contributed by atoms with E-state index in [-0.39, 0.29) is 0 Å². The Balaban J connectivity index is 1.73.